The van der Waals surface area contributed by atoms with Crippen molar-refractivity contribution < 1.29 is 4.79 Å². The molecule has 118 valence electrons. The average Bonchev–Trinajstić information content (AvgIpc) is 2.85. The molecule has 2 aromatic rings. The molecule has 1 aliphatic heterocycles. The van der Waals surface area contributed by atoms with Crippen LogP contribution in [0.5, 0.6) is 0 Å². The summed E-state index contributed by atoms with van der Waals surface area (Å²) in [5, 5.41) is 6.14. The molecule has 0 bridgehead atoms. The van der Waals surface area contributed by atoms with Crippen LogP contribution in [-0.2, 0) is 11.3 Å². The lowest BCUT2D eigenvalue weighted by atomic mass is 9.88. The third-order valence-corrected chi connectivity index (χ3v) is 4.08. The molecule has 1 saturated heterocycles. The Morgan fingerprint density at radius 2 is 2.14 bits per heavy atom. The van der Waals surface area contributed by atoms with Gasteiger partial charge in [-0.3, -0.25) is 10.1 Å². The normalized spacial score (nSPS) is 15.5. The number of carbonyl (C=O) groups is 1. The molecule has 1 atom stereocenters. The summed E-state index contributed by atoms with van der Waals surface area (Å²) in [6, 6.07) is 10.1. The van der Waals surface area contributed by atoms with Crippen molar-refractivity contribution in [2.45, 2.75) is 13.5 Å². The molecule has 1 fully saturated rings. The first-order valence-electron chi connectivity index (χ1n) is 7.30. The SMILES string of the molecule is CC(C(=O)Nc1nccn1Cc1ccccc1)C1CNC1.Cl. The zero-order valence-electron chi connectivity index (χ0n) is 12.5. The average molecular weight is 321 g/mol. The van der Waals surface area contributed by atoms with Crippen molar-refractivity contribution >= 4 is 24.3 Å². The molecule has 0 saturated carbocycles. The van der Waals surface area contributed by atoms with E-state index in [0.717, 1.165) is 13.1 Å². The number of aromatic nitrogens is 2. The van der Waals surface area contributed by atoms with E-state index in [9.17, 15) is 4.79 Å². The van der Waals surface area contributed by atoms with Gasteiger partial charge in [0.25, 0.3) is 0 Å². The van der Waals surface area contributed by atoms with E-state index >= 15 is 0 Å². The van der Waals surface area contributed by atoms with E-state index in [1.54, 1.807) is 6.20 Å². The Labute approximate surface area is 136 Å². The Hall–Kier alpha value is -1.85. The highest BCUT2D eigenvalue weighted by atomic mass is 35.5. The lowest BCUT2D eigenvalue weighted by molar-refractivity contribution is -0.121. The van der Waals surface area contributed by atoms with Crippen LogP contribution in [-0.4, -0.2) is 28.5 Å². The summed E-state index contributed by atoms with van der Waals surface area (Å²) in [4.78, 5) is 16.5. The summed E-state index contributed by atoms with van der Waals surface area (Å²) in [5.41, 5.74) is 1.18. The van der Waals surface area contributed by atoms with Crippen LogP contribution >= 0.6 is 12.4 Å². The van der Waals surface area contributed by atoms with Gasteiger partial charge in [0.05, 0.1) is 6.54 Å². The number of hydrogen-bond donors (Lipinski definition) is 2. The highest BCUT2D eigenvalue weighted by Gasteiger charge is 2.29. The van der Waals surface area contributed by atoms with E-state index < -0.39 is 0 Å². The van der Waals surface area contributed by atoms with Crippen LogP contribution < -0.4 is 10.6 Å². The number of imidazole rings is 1. The van der Waals surface area contributed by atoms with E-state index in [1.165, 1.54) is 5.56 Å². The van der Waals surface area contributed by atoms with E-state index in [4.69, 9.17) is 0 Å². The molecule has 1 unspecified atom stereocenters. The van der Waals surface area contributed by atoms with Crippen LogP contribution in [0.25, 0.3) is 0 Å². The number of amides is 1. The fourth-order valence-electron chi connectivity index (χ4n) is 2.44. The first kappa shape index (κ1) is 16.5. The van der Waals surface area contributed by atoms with Crippen molar-refractivity contribution in [3.8, 4) is 0 Å². The zero-order valence-corrected chi connectivity index (χ0v) is 13.3. The minimum Gasteiger partial charge on any atom is -0.316 e. The Kier molecular flexibility index (Phi) is 5.57. The Morgan fingerprint density at radius 3 is 2.77 bits per heavy atom. The number of rotatable bonds is 5. The molecule has 5 nitrogen and oxygen atoms in total. The summed E-state index contributed by atoms with van der Waals surface area (Å²) in [6.07, 6.45) is 3.60. The molecule has 6 heteroatoms. The van der Waals surface area contributed by atoms with Gasteiger partial charge in [-0.15, -0.1) is 12.4 Å². The van der Waals surface area contributed by atoms with Gasteiger partial charge in [-0.05, 0) is 24.6 Å². The monoisotopic (exact) mass is 320 g/mol. The van der Waals surface area contributed by atoms with E-state index in [1.807, 2.05) is 35.9 Å². The molecule has 2 N–H and O–H groups in total. The zero-order chi connectivity index (χ0) is 14.7. The van der Waals surface area contributed by atoms with Crippen LogP contribution in [0.2, 0.25) is 0 Å². The molecule has 0 radical (unpaired) electrons. The maximum atomic E-state index is 12.3. The minimum atomic E-state index is 0. The van der Waals surface area contributed by atoms with Gasteiger partial charge in [0, 0.05) is 18.3 Å². The first-order valence-corrected chi connectivity index (χ1v) is 7.30. The standard InChI is InChI=1S/C16H20N4O.ClH/c1-12(14-9-17-10-14)15(21)19-16-18-7-8-20(16)11-13-5-3-2-4-6-13;/h2-8,12,14,17H,9-11H2,1H3,(H,18,19,21);1H. The molecule has 2 heterocycles. The number of benzene rings is 1. The quantitative estimate of drug-likeness (QED) is 0.887. The van der Waals surface area contributed by atoms with Crippen molar-refractivity contribution in [3.05, 3.63) is 48.3 Å². The number of anilines is 1. The van der Waals surface area contributed by atoms with Gasteiger partial charge in [0.15, 0.2) is 0 Å². The van der Waals surface area contributed by atoms with Gasteiger partial charge in [-0.2, -0.15) is 0 Å². The Balaban J connectivity index is 0.00000176. The smallest absolute Gasteiger partial charge is 0.229 e. The molecule has 3 rings (SSSR count). The van der Waals surface area contributed by atoms with E-state index in [-0.39, 0.29) is 24.2 Å². The third-order valence-electron chi connectivity index (χ3n) is 4.08. The lowest BCUT2D eigenvalue weighted by Gasteiger charge is -2.31. The summed E-state index contributed by atoms with van der Waals surface area (Å²) in [6.45, 7) is 4.53. The fraction of sp³-hybridized carbons (Fsp3) is 0.375. The van der Waals surface area contributed by atoms with Gasteiger partial charge in [-0.1, -0.05) is 37.3 Å². The molecular formula is C16H21ClN4O. The number of nitrogens with zero attached hydrogens (tertiary/aromatic N) is 2. The van der Waals surface area contributed by atoms with Gasteiger partial charge < -0.3 is 9.88 Å². The van der Waals surface area contributed by atoms with Crippen molar-refractivity contribution in [2.24, 2.45) is 11.8 Å². The maximum Gasteiger partial charge on any atom is 0.229 e. The summed E-state index contributed by atoms with van der Waals surface area (Å²) < 4.78 is 1.96. The highest BCUT2D eigenvalue weighted by Crippen LogP contribution is 2.18. The lowest BCUT2D eigenvalue weighted by Crippen LogP contribution is -2.48. The number of halogens is 1. The van der Waals surface area contributed by atoms with Crippen LogP contribution in [0, 0.1) is 11.8 Å². The largest absolute Gasteiger partial charge is 0.316 e. The minimum absolute atomic E-state index is 0. The number of hydrogen-bond acceptors (Lipinski definition) is 3. The van der Waals surface area contributed by atoms with Gasteiger partial charge in [0.1, 0.15) is 0 Å². The summed E-state index contributed by atoms with van der Waals surface area (Å²) in [5.74, 6) is 1.10. The molecule has 1 aromatic carbocycles. The second kappa shape index (κ2) is 7.42. The van der Waals surface area contributed by atoms with Crippen molar-refractivity contribution in [1.82, 2.24) is 14.9 Å². The summed E-state index contributed by atoms with van der Waals surface area (Å²) in [7, 11) is 0. The summed E-state index contributed by atoms with van der Waals surface area (Å²) >= 11 is 0. The third kappa shape index (κ3) is 3.67. The van der Waals surface area contributed by atoms with Crippen LogP contribution in [0.1, 0.15) is 12.5 Å². The van der Waals surface area contributed by atoms with Crippen molar-refractivity contribution in [2.75, 3.05) is 18.4 Å². The van der Waals surface area contributed by atoms with E-state index in [2.05, 4.69) is 27.8 Å². The predicted molar refractivity (Wildman–Crippen MR) is 89.2 cm³/mol. The predicted octanol–water partition coefficient (Wildman–Crippen LogP) is 2.15. The second-order valence-electron chi connectivity index (χ2n) is 5.56. The topological polar surface area (TPSA) is 59.0 Å². The van der Waals surface area contributed by atoms with Crippen LogP contribution in [0.3, 0.4) is 0 Å². The molecule has 22 heavy (non-hydrogen) atoms. The Bertz CT molecular complexity index is 610. The molecule has 1 aromatic heterocycles. The van der Waals surface area contributed by atoms with Crippen LogP contribution in [0.4, 0.5) is 5.95 Å². The van der Waals surface area contributed by atoms with Gasteiger partial charge in [0.2, 0.25) is 11.9 Å². The first-order chi connectivity index (χ1) is 10.2. The molecule has 1 amide bonds. The fourth-order valence-corrected chi connectivity index (χ4v) is 2.44. The van der Waals surface area contributed by atoms with Gasteiger partial charge >= 0.3 is 0 Å². The van der Waals surface area contributed by atoms with Crippen molar-refractivity contribution in [1.29, 1.82) is 0 Å². The van der Waals surface area contributed by atoms with Gasteiger partial charge in [-0.25, -0.2) is 4.98 Å². The molecule has 0 spiro atoms. The van der Waals surface area contributed by atoms with Crippen LogP contribution in [0.15, 0.2) is 42.7 Å². The maximum absolute atomic E-state index is 12.3. The number of nitrogens with one attached hydrogen (secondary N) is 2. The molecule has 0 aliphatic carbocycles. The Morgan fingerprint density at radius 1 is 1.41 bits per heavy atom. The molecular weight excluding hydrogens is 300 g/mol. The number of carbonyl (C=O) groups excluding carboxylic acids is 1. The second-order valence-corrected chi connectivity index (χ2v) is 5.56. The van der Waals surface area contributed by atoms with Crippen molar-refractivity contribution in [3.63, 3.8) is 0 Å². The molecule has 1 aliphatic rings. The van der Waals surface area contributed by atoms with E-state index in [0.29, 0.717) is 18.4 Å². The highest BCUT2D eigenvalue weighted by molar-refractivity contribution is 5.91.